The summed E-state index contributed by atoms with van der Waals surface area (Å²) in [5, 5.41) is 2.77. The highest BCUT2D eigenvalue weighted by Gasteiger charge is 2.37. The van der Waals surface area contributed by atoms with E-state index in [1.807, 2.05) is 61.5 Å². The van der Waals surface area contributed by atoms with Crippen molar-refractivity contribution < 1.29 is 13.2 Å². The van der Waals surface area contributed by atoms with Gasteiger partial charge in [-0.3, -0.25) is 4.79 Å². The molecule has 2 aromatic rings. The van der Waals surface area contributed by atoms with E-state index in [0.29, 0.717) is 26.2 Å². The van der Waals surface area contributed by atoms with Crippen LogP contribution in [0.1, 0.15) is 16.7 Å². The average molecular weight is 373 g/mol. The lowest BCUT2D eigenvalue weighted by Gasteiger charge is -2.18. The average Bonchev–Trinajstić information content (AvgIpc) is 2.88. The summed E-state index contributed by atoms with van der Waals surface area (Å²) < 4.78 is 28.0. The second-order valence-corrected chi connectivity index (χ2v) is 8.35. The molecule has 26 heavy (non-hydrogen) atoms. The van der Waals surface area contributed by atoms with Crippen molar-refractivity contribution >= 4 is 16.1 Å². The fraction of sp³-hybridized carbons (Fsp3) is 0.316. The van der Waals surface area contributed by atoms with Crippen LogP contribution in [0.2, 0.25) is 0 Å². The SMILES string of the molecule is Cc1cccc(CN2CCN(CC(=O)NCc3ccccc3)S2(=O)=O)c1. The molecule has 2 aromatic carbocycles. The van der Waals surface area contributed by atoms with Crippen LogP contribution in [-0.2, 0) is 28.1 Å². The van der Waals surface area contributed by atoms with E-state index in [1.165, 1.54) is 8.61 Å². The molecule has 1 aliphatic rings. The summed E-state index contributed by atoms with van der Waals surface area (Å²) in [6.07, 6.45) is 0. The molecule has 0 bridgehead atoms. The van der Waals surface area contributed by atoms with Gasteiger partial charge in [0.1, 0.15) is 0 Å². The zero-order valence-electron chi connectivity index (χ0n) is 14.8. The van der Waals surface area contributed by atoms with Crippen LogP contribution in [0, 0.1) is 6.92 Å². The topological polar surface area (TPSA) is 69.7 Å². The van der Waals surface area contributed by atoms with Crippen molar-refractivity contribution in [1.82, 2.24) is 13.9 Å². The van der Waals surface area contributed by atoms with Crippen LogP contribution in [0.15, 0.2) is 54.6 Å². The summed E-state index contributed by atoms with van der Waals surface area (Å²) in [6, 6.07) is 17.3. The number of hydrogen-bond donors (Lipinski definition) is 1. The normalized spacial score (nSPS) is 17.3. The van der Waals surface area contributed by atoms with E-state index >= 15 is 0 Å². The molecule has 138 valence electrons. The molecule has 0 atom stereocenters. The maximum atomic E-state index is 12.7. The van der Waals surface area contributed by atoms with Gasteiger partial charge in [-0.25, -0.2) is 0 Å². The number of benzene rings is 2. The van der Waals surface area contributed by atoms with Crippen molar-refractivity contribution in [2.75, 3.05) is 19.6 Å². The minimum Gasteiger partial charge on any atom is -0.351 e. The van der Waals surface area contributed by atoms with Crippen molar-refractivity contribution in [2.24, 2.45) is 0 Å². The number of rotatable bonds is 6. The highest BCUT2D eigenvalue weighted by atomic mass is 32.2. The lowest BCUT2D eigenvalue weighted by Crippen LogP contribution is -2.40. The molecule has 0 saturated carbocycles. The van der Waals surface area contributed by atoms with E-state index in [-0.39, 0.29) is 12.5 Å². The molecule has 0 radical (unpaired) electrons. The van der Waals surface area contributed by atoms with Gasteiger partial charge >= 0.3 is 0 Å². The molecule has 6 nitrogen and oxygen atoms in total. The molecule has 1 heterocycles. The molecular weight excluding hydrogens is 350 g/mol. The molecule has 1 saturated heterocycles. The van der Waals surface area contributed by atoms with Gasteiger partial charge in [0.2, 0.25) is 5.91 Å². The Bertz CT molecular complexity index is 869. The summed E-state index contributed by atoms with van der Waals surface area (Å²) in [5.74, 6) is -0.296. The predicted molar refractivity (Wildman–Crippen MR) is 100 cm³/mol. The Hall–Kier alpha value is -2.22. The summed E-state index contributed by atoms with van der Waals surface area (Å²) in [5.41, 5.74) is 3.02. The Labute approximate surface area is 154 Å². The Morgan fingerprint density at radius 3 is 2.42 bits per heavy atom. The number of hydrogen-bond acceptors (Lipinski definition) is 3. The highest BCUT2D eigenvalue weighted by molar-refractivity contribution is 7.87. The first-order valence-electron chi connectivity index (χ1n) is 8.56. The standard InChI is InChI=1S/C19H23N3O3S/c1-16-6-5-9-18(12-16)14-21-10-11-22(26(21,24)25)15-19(23)20-13-17-7-3-2-4-8-17/h2-9,12H,10-11,13-15H2,1H3,(H,20,23). The quantitative estimate of drug-likeness (QED) is 0.837. The van der Waals surface area contributed by atoms with Crippen molar-refractivity contribution in [1.29, 1.82) is 0 Å². The lowest BCUT2D eigenvalue weighted by molar-refractivity contribution is -0.121. The van der Waals surface area contributed by atoms with Crippen molar-refractivity contribution in [3.63, 3.8) is 0 Å². The van der Waals surface area contributed by atoms with E-state index in [1.54, 1.807) is 0 Å². The zero-order valence-corrected chi connectivity index (χ0v) is 15.6. The molecule has 1 amide bonds. The monoisotopic (exact) mass is 373 g/mol. The number of nitrogens with zero attached hydrogens (tertiary/aromatic N) is 2. The molecule has 3 rings (SSSR count). The van der Waals surface area contributed by atoms with Gasteiger partial charge in [0.25, 0.3) is 10.2 Å². The van der Waals surface area contributed by atoms with E-state index in [9.17, 15) is 13.2 Å². The maximum Gasteiger partial charge on any atom is 0.282 e. The van der Waals surface area contributed by atoms with E-state index in [0.717, 1.165) is 16.7 Å². The number of aryl methyl sites for hydroxylation is 1. The molecule has 0 aliphatic carbocycles. The first kappa shape index (κ1) is 18.6. The first-order valence-corrected chi connectivity index (χ1v) is 9.96. The molecule has 1 N–H and O–H groups in total. The third kappa shape index (κ3) is 4.49. The molecule has 1 aliphatic heterocycles. The van der Waals surface area contributed by atoms with Gasteiger partial charge in [0.05, 0.1) is 6.54 Å². The van der Waals surface area contributed by atoms with E-state index < -0.39 is 10.2 Å². The minimum absolute atomic E-state index is 0.153. The second-order valence-electron chi connectivity index (χ2n) is 6.43. The van der Waals surface area contributed by atoms with Gasteiger partial charge in [-0.1, -0.05) is 60.2 Å². The maximum absolute atomic E-state index is 12.7. The van der Waals surface area contributed by atoms with Crippen LogP contribution in [0.3, 0.4) is 0 Å². The zero-order chi connectivity index (χ0) is 18.6. The fourth-order valence-electron chi connectivity index (χ4n) is 2.97. The van der Waals surface area contributed by atoms with Crippen LogP contribution >= 0.6 is 0 Å². The van der Waals surface area contributed by atoms with Gasteiger partial charge in [0.15, 0.2) is 0 Å². The number of carbonyl (C=O) groups is 1. The van der Waals surface area contributed by atoms with Gasteiger partial charge in [-0.15, -0.1) is 0 Å². The van der Waals surface area contributed by atoms with Crippen LogP contribution in [-0.4, -0.2) is 42.6 Å². The van der Waals surface area contributed by atoms with Crippen LogP contribution in [0.25, 0.3) is 0 Å². The molecule has 0 aromatic heterocycles. The third-order valence-electron chi connectivity index (χ3n) is 4.35. The number of amides is 1. The third-order valence-corrected chi connectivity index (χ3v) is 6.27. The Morgan fingerprint density at radius 2 is 1.69 bits per heavy atom. The minimum atomic E-state index is -3.61. The molecular formula is C19H23N3O3S. The van der Waals surface area contributed by atoms with Gasteiger partial charge in [-0.2, -0.15) is 17.0 Å². The van der Waals surface area contributed by atoms with E-state index in [4.69, 9.17) is 0 Å². The van der Waals surface area contributed by atoms with E-state index in [2.05, 4.69) is 5.32 Å². The first-order chi connectivity index (χ1) is 12.4. The Kier molecular flexibility index (Phi) is 5.70. The lowest BCUT2D eigenvalue weighted by atomic mass is 10.1. The van der Waals surface area contributed by atoms with Crippen LogP contribution < -0.4 is 5.32 Å². The second kappa shape index (κ2) is 7.99. The smallest absolute Gasteiger partial charge is 0.282 e. The summed E-state index contributed by atoms with van der Waals surface area (Å²) >= 11 is 0. The van der Waals surface area contributed by atoms with Crippen LogP contribution in [0.4, 0.5) is 0 Å². The fourth-order valence-corrected chi connectivity index (χ4v) is 4.51. The Morgan fingerprint density at radius 1 is 1.00 bits per heavy atom. The highest BCUT2D eigenvalue weighted by Crippen LogP contribution is 2.19. The summed E-state index contributed by atoms with van der Waals surface area (Å²) in [7, 11) is -3.61. The number of nitrogens with one attached hydrogen (secondary N) is 1. The molecule has 0 spiro atoms. The molecule has 1 fully saturated rings. The van der Waals surface area contributed by atoms with Crippen molar-refractivity contribution in [3.05, 3.63) is 71.3 Å². The van der Waals surface area contributed by atoms with Crippen molar-refractivity contribution in [2.45, 2.75) is 20.0 Å². The largest absolute Gasteiger partial charge is 0.351 e. The predicted octanol–water partition coefficient (Wildman–Crippen LogP) is 1.67. The van der Waals surface area contributed by atoms with Gasteiger partial charge in [-0.05, 0) is 18.1 Å². The Balaban J connectivity index is 1.57. The van der Waals surface area contributed by atoms with Crippen LogP contribution in [0.5, 0.6) is 0 Å². The summed E-state index contributed by atoms with van der Waals surface area (Å²) in [4.78, 5) is 12.1. The molecule has 7 heteroatoms. The van der Waals surface area contributed by atoms with Crippen molar-refractivity contribution in [3.8, 4) is 0 Å². The van der Waals surface area contributed by atoms with Gasteiger partial charge in [0, 0.05) is 26.2 Å². The summed E-state index contributed by atoms with van der Waals surface area (Å²) in [6.45, 7) is 3.26. The number of carbonyl (C=O) groups excluding carboxylic acids is 1. The van der Waals surface area contributed by atoms with Gasteiger partial charge < -0.3 is 5.32 Å². The molecule has 0 unspecified atom stereocenters.